The fourth-order valence-corrected chi connectivity index (χ4v) is 3.53. The normalized spacial score (nSPS) is 26.8. The first-order valence-corrected chi connectivity index (χ1v) is 7.80. The molecule has 0 aromatic heterocycles. The van der Waals surface area contributed by atoms with Crippen LogP contribution in [0.25, 0.3) is 0 Å². The van der Waals surface area contributed by atoms with Crippen molar-refractivity contribution in [3.8, 4) is 0 Å². The maximum absolute atomic E-state index is 11.8. The second-order valence-electron chi connectivity index (χ2n) is 6.21. The third-order valence-electron chi connectivity index (χ3n) is 4.89. The summed E-state index contributed by atoms with van der Waals surface area (Å²) in [5, 5.41) is 3.41. The van der Waals surface area contributed by atoms with Crippen LogP contribution in [0.2, 0.25) is 0 Å². The van der Waals surface area contributed by atoms with Gasteiger partial charge in [0.1, 0.15) is 0 Å². The van der Waals surface area contributed by atoms with E-state index in [2.05, 4.69) is 30.4 Å². The minimum absolute atomic E-state index is 0.202. The van der Waals surface area contributed by atoms with Crippen LogP contribution in [0.15, 0.2) is 18.2 Å². The molecule has 1 saturated heterocycles. The number of aryl methyl sites for hydroxylation is 1. The summed E-state index contributed by atoms with van der Waals surface area (Å²) in [6.45, 7) is 3.11. The van der Waals surface area contributed by atoms with Crippen molar-refractivity contribution in [1.82, 2.24) is 5.32 Å². The first-order valence-electron chi connectivity index (χ1n) is 7.80. The average Bonchev–Trinajstić information content (AvgIpc) is 2.90. The van der Waals surface area contributed by atoms with Crippen molar-refractivity contribution in [3.63, 3.8) is 0 Å². The van der Waals surface area contributed by atoms with Gasteiger partial charge in [0.2, 0.25) is 5.91 Å². The molecule has 2 aliphatic rings. The molecule has 0 spiro atoms. The molecule has 0 aliphatic carbocycles. The van der Waals surface area contributed by atoms with Crippen LogP contribution in [0.1, 0.15) is 36.9 Å². The van der Waals surface area contributed by atoms with Crippen LogP contribution in [0.5, 0.6) is 0 Å². The number of likely N-dealkylation sites (N-methyl/N-ethyl adjacent to an activating group) is 1. The lowest BCUT2D eigenvalue weighted by Gasteiger charge is -2.30. The number of amides is 1. The lowest BCUT2D eigenvalue weighted by Crippen LogP contribution is -2.34. The van der Waals surface area contributed by atoms with E-state index >= 15 is 0 Å². The van der Waals surface area contributed by atoms with Crippen molar-refractivity contribution in [3.05, 3.63) is 29.3 Å². The maximum Gasteiger partial charge on any atom is 0.227 e. The molecule has 114 valence electrons. The highest BCUT2D eigenvalue weighted by Crippen LogP contribution is 2.34. The molecule has 1 aromatic carbocycles. The number of rotatable bonds is 3. The zero-order chi connectivity index (χ0) is 15.0. The molecule has 3 atom stereocenters. The summed E-state index contributed by atoms with van der Waals surface area (Å²) < 4.78 is 5.93. The number of benzene rings is 1. The van der Waals surface area contributed by atoms with Gasteiger partial charge in [-0.15, -0.1) is 0 Å². The quantitative estimate of drug-likeness (QED) is 0.928. The minimum Gasteiger partial charge on any atom is -0.376 e. The molecular formula is C17H24N2O2. The lowest BCUT2D eigenvalue weighted by molar-refractivity contribution is -0.118. The highest BCUT2D eigenvalue weighted by molar-refractivity contribution is 5.95. The van der Waals surface area contributed by atoms with Crippen LogP contribution >= 0.6 is 0 Å². The Bertz CT molecular complexity index is 544. The first kappa shape index (κ1) is 14.5. The molecule has 1 amide bonds. The molecule has 4 nitrogen and oxygen atoms in total. The number of carbonyl (C=O) groups is 1. The number of hydrogen-bond donors (Lipinski definition) is 1. The van der Waals surface area contributed by atoms with Crippen molar-refractivity contribution >= 4 is 11.6 Å². The van der Waals surface area contributed by atoms with E-state index in [4.69, 9.17) is 4.74 Å². The van der Waals surface area contributed by atoms with Crippen molar-refractivity contribution < 1.29 is 9.53 Å². The van der Waals surface area contributed by atoms with Crippen LogP contribution in [-0.2, 0) is 16.0 Å². The molecule has 1 fully saturated rings. The van der Waals surface area contributed by atoms with E-state index in [9.17, 15) is 4.79 Å². The lowest BCUT2D eigenvalue weighted by atomic mass is 9.90. The summed E-state index contributed by atoms with van der Waals surface area (Å²) in [6.07, 6.45) is 2.80. The van der Waals surface area contributed by atoms with Gasteiger partial charge in [-0.2, -0.15) is 0 Å². The number of fused-ring (bicyclic) bond motifs is 1. The van der Waals surface area contributed by atoms with Gasteiger partial charge < -0.3 is 15.0 Å². The summed E-state index contributed by atoms with van der Waals surface area (Å²) in [4.78, 5) is 13.5. The zero-order valence-corrected chi connectivity index (χ0v) is 13.1. The Kier molecular flexibility index (Phi) is 4.00. The predicted molar refractivity (Wildman–Crippen MR) is 83.5 cm³/mol. The third-order valence-corrected chi connectivity index (χ3v) is 4.89. The largest absolute Gasteiger partial charge is 0.376 e. The van der Waals surface area contributed by atoms with E-state index < -0.39 is 0 Å². The van der Waals surface area contributed by atoms with Crippen LogP contribution in [0.4, 0.5) is 5.69 Å². The van der Waals surface area contributed by atoms with Gasteiger partial charge >= 0.3 is 0 Å². The van der Waals surface area contributed by atoms with Crippen LogP contribution < -0.4 is 10.2 Å². The van der Waals surface area contributed by atoms with E-state index in [1.165, 1.54) is 11.1 Å². The minimum atomic E-state index is 0.202. The Balaban J connectivity index is 1.90. The molecule has 21 heavy (non-hydrogen) atoms. The van der Waals surface area contributed by atoms with Gasteiger partial charge in [0.15, 0.2) is 0 Å². The molecule has 3 rings (SSSR count). The van der Waals surface area contributed by atoms with Gasteiger partial charge in [-0.05, 0) is 43.0 Å². The summed E-state index contributed by atoms with van der Waals surface area (Å²) in [6, 6.07) is 6.67. The molecular weight excluding hydrogens is 264 g/mol. The molecule has 0 bridgehead atoms. The van der Waals surface area contributed by atoms with Crippen LogP contribution in [0, 0.1) is 5.92 Å². The Morgan fingerprint density at radius 3 is 2.86 bits per heavy atom. The molecule has 0 radical (unpaired) electrons. The fourth-order valence-electron chi connectivity index (χ4n) is 3.53. The fraction of sp³-hybridized carbons (Fsp3) is 0.588. The number of hydrogen-bond acceptors (Lipinski definition) is 3. The highest BCUT2D eigenvalue weighted by Gasteiger charge is 2.33. The summed E-state index contributed by atoms with van der Waals surface area (Å²) >= 11 is 0. The maximum atomic E-state index is 11.8. The summed E-state index contributed by atoms with van der Waals surface area (Å²) in [5.41, 5.74) is 3.57. The second-order valence-corrected chi connectivity index (χ2v) is 6.21. The van der Waals surface area contributed by atoms with Gasteiger partial charge in [0, 0.05) is 25.8 Å². The molecule has 3 unspecified atom stereocenters. The average molecular weight is 288 g/mol. The van der Waals surface area contributed by atoms with Gasteiger partial charge in [-0.1, -0.05) is 19.1 Å². The molecule has 1 aromatic rings. The highest BCUT2D eigenvalue weighted by atomic mass is 16.5. The number of nitrogens with zero attached hydrogens (tertiary/aromatic N) is 1. The molecule has 4 heteroatoms. The standard InChI is InChI=1S/C17H24N2O2/c1-11-8-9-21-17(11)16(18-2)13-4-6-14-12(10-13)5-7-15(20)19(14)3/h4,6,10-11,16-18H,5,7-9H2,1-3H3. The molecule has 1 N–H and O–H groups in total. The predicted octanol–water partition coefficient (Wildman–Crippen LogP) is 2.28. The van der Waals surface area contributed by atoms with Gasteiger partial charge in [-0.3, -0.25) is 4.79 Å². The Labute approximate surface area is 126 Å². The van der Waals surface area contributed by atoms with Crippen LogP contribution in [-0.4, -0.2) is 32.7 Å². The Morgan fingerprint density at radius 1 is 1.38 bits per heavy atom. The summed E-state index contributed by atoms with van der Waals surface area (Å²) in [5.74, 6) is 0.774. The van der Waals surface area contributed by atoms with E-state index in [0.29, 0.717) is 12.3 Å². The van der Waals surface area contributed by atoms with Gasteiger partial charge in [-0.25, -0.2) is 0 Å². The van der Waals surface area contributed by atoms with Crippen molar-refractivity contribution in [2.75, 3.05) is 25.6 Å². The summed E-state index contributed by atoms with van der Waals surface area (Å²) in [7, 11) is 3.85. The number of ether oxygens (including phenoxy) is 1. The second kappa shape index (κ2) is 5.78. The van der Waals surface area contributed by atoms with E-state index in [0.717, 1.165) is 25.1 Å². The third kappa shape index (κ3) is 2.58. The van der Waals surface area contributed by atoms with Crippen molar-refractivity contribution in [2.45, 2.75) is 38.3 Å². The van der Waals surface area contributed by atoms with E-state index in [1.807, 2.05) is 14.1 Å². The Morgan fingerprint density at radius 2 is 2.19 bits per heavy atom. The molecule has 0 saturated carbocycles. The SMILES string of the molecule is CNC(c1ccc2c(c1)CCC(=O)N2C)C1OCCC1C. The van der Waals surface area contributed by atoms with Crippen molar-refractivity contribution in [1.29, 1.82) is 0 Å². The monoisotopic (exact) mass is 288 g/mol. The van der Waals surface area contributed by atoms with Crippen molar-refractivity contribution in [2.24, 2.45) is 5.92 Å². The number of anilines is 1. The topological polar surface area (TPSA) is 41.6 Å². The van der Waals surface area contributed by atoms with Gasteiger partial charge in [0.05, 0.1) is 12.1 Å². The zero-order valence-electron chi connectivity index (χ0n) is 13.1. The Hall–Kier alpha value is -1.39. The van der Waals surface area contributed by atoms with E-state index in [1.54, 1.807) is 4.90 Å². The smallest absolute Gasteiger partial charge is 0.227 e. The molecule has 2 heterocycles. The number of carbonyl (C=O) groups excluding carboxylic acids is 1. The van der Waals surface area contributed by atoms with Gasteiger partial charge in [0.25, 0.3) is 0 Å². The first-order chi connectivity index (χ1) is 10.1. The van der Waals surface area contributed by atoms with E-state index in [-0.39, 0.29) is 18.1 Å². The number of nitrogens with one attached hydrogen (secondary N) is 1. The molecule has 2 aliphatic heterocycles. The van der Waals surface area contributed by atoms with Crippen LogP contribution in [0.3, 0.4) is 0 Å².